The molecule has 0 spiro atoms. The number of para-hydroxylation sites is 1. The molecule has 1 saturated heterocycles. The van der Waals surface area contributed by atoms with Crippen LogP contribution in [0.15, 0.2) is 69.6 Å². The number of nitrogens with two attached hydrogens (primary N) is 1. The number of aliphatic hydroxyl groups is 4. The molecule has 3 aliphatic heterocycles. The number of ether oxygens (including phenoxy) is 2. The first-order valence-corrected chi connectivity index (χ1v) is 17.0. The van der Waals surface area contributed by atoms with E-state index in [-0.39, 0.29) is 77.0 Å². The average molecular weight is 710 g/mol. The summed E-state index contributed by atoms with van der Waals surface area (Å²) in [6.07, 6.45) is -5.68. The van der Waals surface area contributed by atoms with Crippen LogP contribution in [-0.4, -0.2) is 103 Å². The quantitative estimate of drug-likeness (QED) is 0.165. The summed E-state index contributed by atoms with van der Waals surface area (Å²) in [5.41, 5.74) is 5.50. The minimum atomic E-state index is -1.85. The van der Waals surface area contributed by atoms with Gasteiger partial charge in [0, 0.05) is 34.4 Å². The van der Waals surface area contributed by atoms with Crippen LogP contribution in [0.2, 0.25) is 0 Å². The first-order chi connectivity index (χ1) is 25.0. The molecule has 8 rings (SSSR count). The number of benzene rings is 3. The zero-order chi connectivity index (χ0) is 36.5. The number of aliphatic imine (C=N–C) groups is 3. The lowest BCUT2D eigenvalue weighted by molar-refractivity contribution is -0.308. The zero-order valence-electron chi connectivity index (χ0n) is 27.7. The standard InChI is InChI=1S/C37H35N5O10/c38-36-40-33-24(34(49)41-36)39-16-42(33)22-11-5-2-8-17(22)14-18-15-21-23(26(44)20-10-4-3-9-19(20)25(21)43)27(45)31(18)51-35-30(48)28(46)29(47)32(52-35)37(50)12-6-1-7-13-37/h2-5,8-11,15,28-30,32,35,45-48,50H,1,6-7,12-14,16H2,(H2,38,41,49)/t28-,29-,30+,32-,35+/m1/s1. The van der Waals surface area contributed by atoms with Gasteiger partial charge in [0.1, 0.15) is 31.1 Å². The van der Waals surface area contributed by atoms with Gasteiger partial charge in [-0.2, -0.15) is 9.98 Å². The Morgan fingerprint density at radius 1 is 0.865 bits per heavy atom. The number of aromatic hydroxyl groups is 1. The molecule has 3 aromatic carbocycles. The molecule has 3 heterocycles. The number of amides is 1. The fourth-order valence-corrected chi connectivity index (χ4v) is 7.78. The number of amidine groups is 1. The smallest absolute Gasteiger partial charge is 0.302 e. The van der Waals surface area contributed by atoms with Crippen LogP contribution in [-0.2, 0) is 16.0 Å². The third-order valence-corrected chi connectivity index (χ3v) is 10.4. The number of ketones is 2. The lowest BCUT2D eigenvalue weighted by atomic mass is 9.76. The van der Waals surface area contributed by atoms with Crippen molar-refractivity contribution in [3.05, 3.63) is 88.0 Å². The number of phenols is 1. The Kier molecular flexibility index (Phi) is 8.27. The summed E-state index contributed by atoms with van der Waals surface area (Å²) in [4.78, 5) is 54.1. The molecule has 3 aromatic rings. The number of aliphatic hydroxyl groups excluding tert-OH is 3. The Morgan fingerprint density at radius 2 is 1.56 bits per heavy atom. The van der Waals surface area contributed by atoms with E-state index in [1.807, 2.05) is 0 Å². The normalized spacial score (nSPS) is 26.5. The maximum atomic E-state index is 13.8. The summed E-state index contributed by atoms with van der Waals surface area (Å²) < 4.78 is 12.2. The van der Waals surface area contributed by atoms with Crippen molar-refractivity contribution >= 4 is 40.7 Å². The van der Waals surface area contributed by atoms with Gasteiger partial charge in [-0.1, -0.05) is 61.7 Å². The van der Waals surface area contributed by atoms with Crippen molar-refractivity contribution in [1.29, 1.82) is 0 Å². The first-order valence-electron chi connectivity index (χ1n) is 17.0. The molecule has 52 heavy (non-hydrogen) atoms. The number of carbonyl (C=O) groups excluding carboxylic acids is 3. The fourth-order valence-electron chi connectivity index (χ4n) is 7.78. The third-order valence-electron chi connectivity index (χ3n) is 10.4. The highest BCUT2D eigenvalue weighted by atomic mass is 16.7. The van der Waals surface area contributed by atoms with E-state index in [4.69, 9.17) is 15.2 Å². The van der Waals surface area contributed by atoms with E-state index in [0.717, 1.165) is 6.42 Å². The molecule has 2 aliphatic carbocycles. The fraction of sp³-hybridized carbons (Fsp3) is 0.351. The number of anilines is 1. The summed E-state index contributed by atoms with van der Waals surface area (Å²) in [7, 11) is 0. The third kappa shape index (κ3) is 5.40. The molecule has 1 amide bonds. The lowest BCUT2D eigenvalue weighted by Gasteiger charge is -2.48. The first kappa shape index (κ1) is 33.8. The van der Waals surface area contributed by atoms with Crippen molar-refractivity contribution in [2.75, 3.05) is 11.6 Å². The molecule has 268 valence electrons. The molecular weight excluding hydrogens is 674 g/mol. The minimum Gasteiger partial charge on any atom is -0.504 e. The highest BCUT2D eigenvalue weighted by molar-refractivity contribution is 6.72. The number of guanidine groups is 1. The van der Waals surface area contributed by atoms with Crippen molar-refractivity contribution < 1.29 is 49.4 Å². The second-order valence-electron chi connectivity index (χ2n) is 13.6. The van der Waals surface area contributed by atoms with Crippen molar-refractivity contribution in [3.63, 3.8) is 0 Å². The van der Waals surface area contributed by atoms with Crippen LogP contribution in [0.5, 0.6) is 11.5 Å². The second-order valence-corrected chi connectivity index (χ2v) is 13.6. The van der Waals surface area contributed by atoms with Crippen molar-refractivity contribution in [2.45, 2.75) is 74.8 Å². The SMILES string of the molecule is NC1=NC(=O)C2=NCN(c3ccccc3Cc3cc4c(c(O)c3O[C@H]3O[C@@H](C5(O)CCCCC5)[C@H](O)[C@@H](O)[C@@H]3O)C(=O)c3ccccc3C4=O)C2=N1. The molecule has 1 saturated carbocycles. The van der Waals surface area contributed by atoms with E-state index in [1.54, 1.807) is 41.3 Å². The zero-order valence-corrected chi connectivity index (χ0v) is 27.7. The molecule has 7 N–H and O–H groups in total. The van der Waals surface area contributed by atoms with E-state index >= 15 is 0 Å². The summed E-state index contributed by atoms with van der Waals surface area (Å²) in [5.74, 6) is -2.81. The average Bonchev–Trinajstić information content (AvgIpc) is 3.56. The number of hydrogen-bond donors (Lipinski definition) is 6. The topological polar surface area (TPSA) is 237 Å². The predicted octanol–water partition coefficient (Wildman–Crippen LogP) is 1.11. The molecule has 0 unspecified atom stereocenters. The number of carbonyl (C=O) groups is 3. The van der Waals surface area contributed by atoms with Gasteiger partial charge in [-0.15, -0.1) is 0 Å². The highest BCUT2D eigenvalue weighted by Gasteiger charge is 2.53. The van der Waals surface area contributed by atoms with Gasteiger partial charge < -0.3 is 45.6 Å². The summed E-state index contributed by atoms with van der Waals surface area (Å²) in [6.45, 7) is 0.0227. The van der Waals surface area contributed by atoms with E-state index in [2.05, 4.69) is 15.0 Å². The lowest BCUT2D eigenvalue weighted by Crippen LogP contribution is -2.65. The van der Waals surface area contributed by atoms with Crippen molar-refractivity contribution in [1.82, 2.24) is 0 Å². The summed E-state index contributed by atoms with van der Waals surface area (Å²) >= 11 is 0. The second kappa shape index (κ2) is 12.7. The monoisotopic (exact) mass is 709 g/mol. The molecular formula is C37H35N5O10. The minimum absolute atomic E-state index is 0.0227. The van der Waals surface area contributed by atoms with Gasteiger partial charge in [-0.25, -0.2) is 0 Å². The van der Waals surface area contributed by atoms with E-state index in [1.165, 1.54) is 18.2 Å². The van der Waals surface area contributed by atoms with Gasteiger partial charge >= 0.3 is 5.91 Å². The number of nitrogens with zero attached hydrogens (tertiary/aromatic N) is 4. The Hall–Kier alpha value is -5.32. The van der Waals surface area contributed by atoms with Crippen LogP contribution in [0.4, 0.5) is 5.69 Å². The number of rotatable bonds is 6. The van der Waals surface area contributed by atoms with E-state index in [0.29, 0.717) is 24.1 Å². The molecule has 15 heteroatoms. The van der Waals surface area contributed by atoms with Crippen LogP contribution in [0.1, 0.15) is 75.1 Å². The van der Waals surface area contributed by atoms with Gasteiger partial charge in [0.25, 0.3) is 0 Å². The number of fused-ring (bicyclic) bond motifs is 3. The number of phenolic OH excluding ortho intramolecular Hbond substituents is 1. The Labute approximate surface area is 296 Å². The predicted molar refractivity (Wildman–Crippen MR) is 185 cm³/mol. The molecule has 5 atom stereocenters. The van der Waals surface area contributed by atoms with Gasteiger partial charge in [-0.3, -0.25) is 19.4 Å². The highest BCUT2D eigenvalue weighted by Crippen LogP contribution is 2.45. The van der Waals surface area contributed by atoms with Gasteiger partial charge in [0.15, 0.2) is 34.6 Å². The summed E-state index contributed by atoms with van der Waals surface area (Å²) in [5, 5.41) is 56.4. The van der Waals surface area contributed by atoms with E-state index < -0.39 is 59.5 Å². The summed E-state index contributed by atoms with van der Waals surface area (Å²) in [6, 6.07) is 14.7. The molecule has 5 aliphatic rings. The maximum absolute atomic E-state index is 13.8. The van der Waals surface area contributed by atoms with Crippen LogP contribution in [0, 0.1) is 0 Å². The Bertz CT molecular complexity index is 2120. The van der Waals surface area contributed by atoms with Crippen molar-refractivity contribution in [2.24, 2.45) is 20.7 Å². The van der Waals surface area contributed by atoms with Crippen LogP contribution < -0.4 is 15.4 Å². The maximum Gasteiger partial charge on any atom is 0.302 e. The molecule has 0 radical (unpaired) electrons. The van der Waals surface area contributed by atoms with Crippen LogP contribution >= 0.6 is 0 Å². The number of hydrogen-bond acceptors (Lipinski definition) is 14. The van der Waals surface area contributed by atoms with Crippen LogP contribution in [0.25, 0.3) is 0 Å². The molecule has 0 bridgehead atoms. The van der Waals surface area contributed by atoms with Gasteiger partial charge in [-0.05, 0) is 30.5 Å². The molecule has 2 fully saturated rings. The molecule has 0 aromatic heterocycles. The molecule has 15 nitrogen and oxygen atoms in total. The van der Waals surface area contributed by atoms with Crippen molar-refractivity contribution in [3.8, 4) is 11.5 Å². The van der Waals surface area contributed by atoms with E-state index in [9.17, 15) is 39.9 Å². The van der Waals surface area contributed by atoms with Crippen LogP contribution in [0.3, 0.4) is 0 Å². The van der Waals surface area contributed by atoms with Gasteiger partial charge in [0.05, 0.1) is 11.2 Å². The largest absolute Gasteiger partial charge is 0.504 e. The van der Waals surface area contributed by atoms with Gasteiger partial charge in [0.2, 0.25) is 12.2 Å². The Balaban J connectivity index is 1.23. The Morgan fingerprint density at radius 3 is 2.31 bits per heavy atom.